The number of nitrogens with zero attached hydrogens (tertiary/aromatic N) is 1. The number of carbonyl (C=O) groups excluding carboxylic acids is 4. The van der Waals surface area contributed by atoms with Crippen LogP contribution in [0.4, 0.5) is 4.39 Å². The van der Waals surface area contributed by atoms with Gasteiger partial charge in [-0.3, -0.25) is 24.2 Å². The number of carbonyl (C=O) groups is 4. The maximum absolute atomic E-state index is 13.4. The van der Waals surface area contributed by atoms with Crippen LogP contribution in [-0.2, 0) is 27.3 Å². The molecule has 3 amide bonds. The molecule has 0 saturated carbocycles. The number of hydrogen-bond donors (Lipinski definition) is 3. The number of aromatic nitrogens is 1. The fraction of sp³-hybridized carbons (Fsp3) is 0.276. The molecule has 3 N–H and O–H groups in total. The third-order valence-corrected chi connectivity index (χ3v) is 5.81. The summed E-state index contributed by atoms with van der Waals surface area (Å²) >= 11 is 0. The standard InChI is InChI=1S/C29H31FN4O4/c1-29(2,3)25(34-26(36)20-12-14-21(30)15-13-20)28(38)33-23(17-19-9-5-4-6-10-19)24(35)27(37)32-18-22-11-7-8-16-31-22/h4-16,23,25H,17-18H2,1-3H3,(H,32,37)(H,33,38)(H,34,36)/t23-,25?/m1/s1. The molecule has 0 spiro atoms. The van der Waals surface area contributed by atoms with E-state index in [-0.39, 0.29) is 18.5 Å². The lowest BCUT2D eigenvalue weighted by Crippen LogP contribution is -2.58. The van der Waals surface area contributed by atoms with Crippen molar-refractivity contribution in [2.75, 3.05) is 0 Å². The Morgan fingerprint density at radius 3 is 2.13 bits per heavy atom. The molecule has 0 aliphatic rings. The van der Waals surface area contributed by atoms with E-state index in [0.29, 0.717) is 5.69 Å². The Bertz CT molecular complexity index is 1260. The van der Waals surface area contributed by atoms with Crippen LogP contribution in [-0.4, -0.2) is 40.6 Å². The van der Waals surface area contributed by atoms with Crippen molar-refractivity contribution in [2.24, 2.45) is 5.41 Å². The summed E-state index contributed by atoms with van der Waals surface area (Å²) in [6, 6.07) is 16.9. The van der Waals surface area contributed by atoms with Gasteiger partial charge in [-0.25, -0.2) is 4.39 Å². The van der Waals surface area contributed by atoms with E-state index in [4.69, 9.17) is 0 Å². The van der Waals surface area contributed by atoms with E-state index >= 15 is 0 Å². The second-order valence-corrected chi connectivity index (χ2v) is 9.90. The van der Waals surface area contributed by atoms with Crippen LogP contribution in [0.3, 0.4) is 0 Å². The van der Waals surface area contributed by atoms with Gasteiger partial charge in [-0.15, -0.1) is 0 Å². The van der Waals surface area contributed by atoms with E-state index in [1.807, 2.05) is 6.07 Å². The zero-order valence-corrected chi connectivity index (χ0v) is 21.5. The predicted molar refractivity (Wildman–Crippen MR) is 140 cm³/mol. The average Bonchev–Trinajstić information content (AvgIpc) is 2.90. The molecule has 0 saturated heterocycles. The molecule has 3 aromatic rings. The lowest BCUT2D eigenvalue weighted by atomic mass is 9.85. The molecule has 38 heavy (non-hydrogen) atoms. The Morgan fingerprint density at radius 2 is 1.53 bits per heavy atom. The molecule has 0 bridgehead atoms. The van der Waals surface area contributed by atoms with Crippen LogP contribution in [0.15, 0.2) is 79.0 Å². The Hall–Kier alpha value is -4.40. The summed E-state index contributed by atoms with van der Waals surface area (Å²) in [7, 11) is 0. The highest BCUT2D eigenvalue weighted by molar-refractivity contribution is 6.38. The number of hydrogen-bond acceptors (Lipinski definition) is 5. The zero-order chi connectivity index (χ0) is 27.7. The highest BCUT2D eigenvalue weighted by atomic mass is 19.1. The monoisotopic (exact) mass is 518 g/mol. The summed E-state index contributed by atoms with van der Waals surface area (Å²) in [5.41, 5.74) is 0.751. The smallest absolute Gasteiger partial charge is 0.289 e. The average molecular weight is 519 g/mol. The van der Waals surface area contributed by atoms with Gasteiger partial charge in [0.1, 0.15) is 17.9 Å². The van der Waals surface area contributed by atoms with Crippen LogP contribution in [0.1, 0.15) is 42.4 Å². The first kappa shape index (κ1) is 28.2. The van der Waals surface area contributed by atoms with Gasteiger partial charge in [0.25, 0.3) is 11.8 Å². The highest BCUT2D eigenvalue weighted by Crippen LogP contribution is 2.21. The van der Waals surface area contributed by atoms with E-state index in [0.717, 1.165) is 17.7 Å². The van der Waals surface area contributed by atoms with E-state index < -0.39 is 46.8 Å². The molecule has 1 heterocycles. The molecule has 2 atom stereocenters. The van der Waals surface area contributed by atoms with Crippen LogP contribution in [0, 0.1) is 11.2 Å². The zero-order valence-electron chi connectivity index (χ0n) is 21.5. The van der Waals surface area contributed by atoms with Crippen molar-refractivity contribution in [1.82, 2.24) is 20.9 Å². The molecule has 9 heteroatoms. The predicted octanol–water partition coefficient (Wildman–Crippen LogP) is 2.98. The second kappa shape index (κ2) is 12.7. The number of pyridine rings is 1. The molecule has 0 aliphatic heterocycles. The summed E-state index contributed by atoms with van der Waals surface area (Å²) in [5.74, 6) is -3.37. The first-order valence-corrected chi connectivity index (χ1v) is 12.2. The van der Waals surface area contributed by atoms with Gasteiger partial charge in [-0.1, -0.05) is 57.2 Å². The second-order valence-electron chi connectivity index (χ2n) is 9.90. The molecule has 0 aliphatic carbocycles. The van der Waals surface area contributed by atoms with Crippen LogP contribution in [0.25, 0.3) is 0 Å². The summed E-state index contributed by atoms with van der Waals surface area (Å²) in [4.78, 5) is 56.3. The number of amides is 3. The number of halogens is 1. The lowest BCUT2D eigenvalue weighted by Gasteiger charge is -2.31. The van der Waals surface area contributed by atoms with E-state index in [1.54, 1.807) is 69.4 Å². The van der Waals surface area contributed by atoms with E-state index in [9.17, 15) is 23.6 Å². The Morgan fingerprint density at radius 1 is 0.868 bits per heavy atom. The molecule has 2 aromatic carbocycles. The van der Waals surface area contributed by atoms with Gasteiger partial charge < -0.3 is 16.0 Å². The van der Waals surface area contributed by atoms with Gasteiger partial charge in [-0.05, 0) is 47.4 Å². The molecular formula is C29H31FN4O4. The molecule has 198 valence electrons. The minimum Gasteiger partial charge on any atom is -0.344 e. The van der Waals surface area contributed by atoms with Crippen LogP contribution >= 0.6 is 0 Å². The molecule has 1 aromatic heterocycles. The van der Waals surface area contributed by atoms with Crippen molar-refractivity contribution in [3.8, 4) is 0 Å². The van der Waals surface area contributed by atoms with Gasteiger partial charge in [0.2, 0.25) is 11.7 Å². The topological polar surface area (TPSA) is 117 Å². The number of benzene rings is 2. The van der Waals surface area contributed by atoms with Crippen molar-refractivity contribution in [2.45, 2.75) is 45.8 Å². The summed E-state index contributed by atoms with van der Waals surface area (Å²) in [5, 5.41) is 7.91. The molecule has 0 fully saturated rings. The summed E-state index contributed by atoms with van der Waals surface area (Å²) in [6.07, 6.45) is 1.65. The largest absolute Gasteiger partial charge is 0.344 e. The maximum atomic E-state index is 13.4. The third kappa shape index (κ3) is 8.06. The number of ketones is 1. The van der Waals surface area contributed by atoms with Crippen LogP contribution < -0.4 is 16.0 Å². The highest BCUT2D eigenvalue weighted by Gasteiger charge is 2.36. The number of Topliss-reactive ketones (excluding diaryl/α,β-unsaturated/α-hetero) is 1. The van der Waals surface area contributed by atoms with Crippen molar-refractivity contribution in [3.63, 3.8) is 0 Å². The maximum Gasteiger partial charge on any atom is 0.289 e. The van der Waals surface area contributed by atoms with Gasteiger partial charge in [0.05, 0.1) is 12.2 Å². The first-order chi connectivity index (χ1) is 18.0. The number of rotatable bonds is 10. The van der Waals surface area contributed by atoms with E-state index in [1.165, 1.54) is 12.1 Å². The van der Waals surface area contributed by atoms with E-state index in [2.05, 4.69) is 20.9 Å². The van der Waals surface area contributed by atoms with Gasteiger partial charge in [0.15, 0.2) is 0 Å². The SMILES string of the molecule is CC(C)(C)C(NC(=O)c1ccc(F)cc1)C(=O)N[C@H](Cc1ccccc1)C(=O)C(=O)NCc1ccccn1. The molecular weight excluding hydrogens is 487 g/mol. The van der Waals surface area contributed by atoms with Crippen LogP contribution in [0.2, 0.25) is 0 Å². The fourth-order valence-corrected chi connectivity index (χ4v) is 3.72. The fourth-order valence-electron chi connectivity index (χ4n) is 3.72. The van der Waals surface area contributed by atoms with Gasteiger partial charge >= 0.3 is 0 Å². The molecule has 1 unspecified atom stereocenters. The summed E-state index contributed by atoms with van der Waals surface area (Å²) < 4.78 is 13.3. The van der Waals surface area contributed by atoms with Crippen molar-refractivity contribution in [3.05, 3.63) is 102 Å². The van der Waals surface area contributed by atoms with Crippen LogP contribution in [0.5, 0.6) is 0 Å². The van der Waals surface area contributed by atoms with Crippen molar-refractivity contribution < 1.29 is 23.6 Å². The quantitative estimate of drug-likeness (QED) is 0.357. The molecule has 3 rings (SSSR count). The lowest BCUT2D eigenvalue weighted by molar-refractivity contribution is -0.140. The first-order valence-electron chi connectivity index (χ1n) is 12.2. The Kier molecular flexibility index (Phi) is 9.43. The molecule has 8 nitrogen and oxygen atoms in total. The Balaban J connectivity index is 1.78. The third-order valence-electron chi connectivity index (χ3n) is 5.81. The number of nitrogens with one attached hydrogen (secondary N) is 3. The minimum absolute atomic E-state index is 0.0513. The molecule has 0 radical (unpaired) electrons. The van der Waals surface area contributed by atoms with Crippen molar-refractivity contribution in [1.29, 1.82) is 0 Å². The minimum atomic E-state index is -1.18. The summed E-state index contributed by atoms with van der Waals surface area (Å²) in [6.45, 7) is 5.33. The Labute approximate surface area is 221 Å². The van der Waals surface area contributed by atoms with Gasteiger partial charge in [0, 0.05) is 18.2 Å². The normalized spacial score (nSPS) is 12.6. The van der Waals surface area contributed by atoms with Crippen molar-refractivity contribution >= 4 is 23.5 Å². The van der Waals surface area contributed by atoms with Gasteiger partial charge in [-0.2, -0.15) is 0 Å².